The lowest BCUT2D eigenvalue weighted by molar-refractivity contribution is 0.597. The maximum absolute atomic E-state index is 12.0. The molecule has 0 bridgehead atoms. The Labute approximate surface area is 99.5 Å². The number of nitrogens with zero attached hydrogens (tertiary/aromatic N) is 1. The van der Waals surface area contributed by atoms with Crippen LogP contribution in [0.5, 0.6) is 0 Å². The molecule has 0 atom stereocenters. The third kappa shape index (κ3) is 2.70. The number of hydrogen-bond acceptors (Lipinski definition) is 3. The fourth-order valence-electron chi connectivity index (χ4n) is 1.27. The quantitative estimate of drug-likeness (QED) is 0.548. The minimum Gasteiger partial charge on any atom is -0.345 e. The number of nitrogens with one attached hydrogen (secondary N) is 3. The highest BCUT2D eigenvalue weighted by molar-refractivity contribution is 5.73. The molecule has 1 aromatic carbocycles. The Kier molecular flexibility index (Phi) is 3.33. The Bertz CT molecular complexity index is 729. The van der Waals surface area contributed by atoms with Gasteiger partial charge in [0.1, 0.15) is 0 Å². The summed E-state index contributed by atoms with van der Waals surface area (Å²) in [6.07, 6.45) is 2.41. The first-order valence-corrected chi connectivity index (χ1v) is 5.02. The summed E-state index contributed by atoms with van der Waals surface area (Å²) in [4.78, 5) is 31.1. The summed E-state index contributed by atoms with van der Waals surface area (Å²) in [6.45, 7) is 0. The van der Waals surface area contributed by atoms with E-state index in [1.54, 1.807) is 11.3 Å². The lowest BCUT2D eigenvalue weighted by atomic mass is 10.3. The molecule has 18 heavy (non-hydrogen) atoms. The third-order valence-corrected chi connectivity index (χ3v) is 2.10. The summed E-state index contributed by atoms with van der Waals surface area (Å²) in [5.41, 5.74) is 0.412. The minimum absolute atomic E-state index is 0.707. The summed E-state index contributed by atoms with van der Waals surface area (Å²) in [5.74, 6) is -0.991. The molecule has 2 aromatic heterocycles. The number of fused-ring (bicyclic) bond motifs is 1. The van der Waals surface area contributed by atoms with Crippen molar-refractivity contribution >= 4 is 11.0 Å². The lowest BCUT2D eigenvalue weighted by Gasteiger charge is -1.81. The van der Waals surface area contributed by atoms with Gasteiger partial charge in [0.15, 0.2) is 0 Å². The van der Waals surface area contributed by atoms with Crippen molar-refractivity contribution in [2.45, 2.75) is 0 Å². The summed E-state index contributed by atoms with van der Waals surface area (Å²) < 4.78 is 12.0. The molecule has 92 valence electrons. The van der Waals surface area contributed by atoms with Crippen molar-refractivity contribution in [2.75, 3.05) is 0 Å². The van der Waals surface area contributed by atoms with Crippen molar-refractivity contribution in [3.05, 3.63) is 63.4 Å². The predicted octanol–water partition coefficient (Wildman–Crippen LogP) is 0.765. The Morgan fingerprint density at radius 2 is 1.89 bits per heavy atom. The van der Waals surface area contributed by atoms with E-state index in [0.29, 0.717) is 6.20 Å². The van der Waals surface area contributed by atoms with Gasteiger partial charge in [-0.1, -0.05) is 12.1 Å². The first kappa shape index (κ1) is 11.8. The van der Waals surface area contributed by atoms with Crippen LogP contribution in [-0.2, 0) is 0 Å². The Morgan fingerprint density at radius 1 is 1.11 bits per heavy atom. The summed E-state index contributed by atoms with van der Waals surface area (Å²) in [6, 6.07) is 7.94. The molecule has 3 N–H and O–H groups in total. The van der Waals surface area contributed by atoms with Crippen LogP contribution in [0.2, 0.25) is 0 Å². The molecule has 6 nitrogen and oxygen atoms in total. The number of aromatic amines is 3. The third-order valence-electron chi connectivity index (χ3n) is 2.10. The summed E-state index contributed by atoms with van der Waals surface area (Å²) in [7, 11) is 0. The first-order valence-electron chi connectivity index (χ1n) is 5.02. The van der Waals surface area contributed by atoms with Crippen LogP contribution in [-0.4, -0.2) is 19.9 Å². The molecule has 0 aliphatic heterocycles. The van der Waals surface area contributed by atoms with E-state index in [4.69, 9.17) is 0 Å². The highest BCUT2D eigenvalue weighted by Gasteiger charge is 1.93. The van der Waals surface area contributed by atoms with Crippen LogP contribution in [0.15, 0.2) is 46.4 Å². The average molecular weight is 248 g/mol. The van der Waals surface area contributed by atoms with Crippen LogP contribution < -0.4 is 11.2 Å². The smallest absolute Gasteiger partial charge is 0.325 e. The molecule has 0 amide bonds. The van der Waals surface area contributed by atoms with Gasteiger partial charge in [-0.3, -0.25) is 9.78 Å². The molecule has 2 heterocycles. The maximum Gasteiger partial charge on any atom is 0.325 e. The van der Waals surface area contributed by atoms with Crippen LogP contribution >= 0.6 is 0 Å². The molecule has 0 saturated heterocycles. The van der Waals surface area contributed by atoms with E-state index in [-0.39, 0.29) is 0 Å². The van der Waals surface area contributed by atoms with Crippen molar-refractivity contribution in [1.82, 2.24) is 19.9 Å². The lowest BCUT2D eigenvalue weighted by Crippen LogP contribution is -2.23. The van der Waals surface area contributed by atoms with Crippen molar-refractivity contribution in [3.63, 3.8) is 0 Å². The van der Waals surface area contributed by atoms with E-state index >= 15 is 0 Å². The average Bonchev–Trinajstić information content (AvgIpc) is 2.83. The highest BCUT2D eigenvalue weighted by Crippen LogP contribution is 2.05. The number of aromatic nitrogens is 4. The van der Waals surface area contributed by atoms with E-state index in [1.165, 1.54) is 0 Å². The fourth-order valence-corrected chi connectivity index (χ4v) is 1.27. The van der Waals surface area contributed by atoms with Crippen LogP contribution in [0.4, 0.5) is 4.39 Å². The zero-order valence-electron chi connectivity index (χ0n) is 9.11. The second kappa shape index (κ2) is 5.09. The van der Waals surface area contributed by atoms with Gasteiger partial charge in [0.05, 0.1) is 17.4 Å². The standard InChI is InChI=1S/C7H6N2.C4H3FN2O2/c1-2-4-7-6(3-1)8-5-9-7;5-2-1-6-4(9)7-3(2)8/h1-5H,(H,8,9);1H,(H2,6,7,8,9). The van der Waals surface area contributed by atoms with Gasteiger partial charge >= 0.3 is 5.69 Å². The van der Waals surface area contributed by atoms with Gasteiger partial charge in [-0.15, -0.1) is 0 Å². The van der Waals surface area contributed by atoms with Crippen molar-refractivity contribution in [2.24, 2.45) is 0 Å². The van der Waals surface area contributed by atoms with E-state index < -0.39 is 17.1 Å². The number of rotatable bonds is 0. The van der Waals surface area contributed by atoms with Gasteiger partial charge in [0.25, 0.3) is 5.56 Å². The molecule has 0 radical (unpaired) electrons. The van der Waals surface area contributed by atoms with E-state index in [1.807, 2.05) is 29.2 Å². The maximum atomic E-state index is 12.0. The largest absolute Gasteiger partial charge is 0.345 e. The van der Waals surface area contributed by atoms with Crippen molar-refractivity contribution < 1.29 is 4.39 Å². The second-order valence-corrected chi connectivity index (χ2v) is 3.34. The molecule has 0 aliphatic carbocycles. The Morgan fingerprint density at radius 3 is 2.56 bits per heavy atom. The molecular weight excluding hydrogens is 239 g/mol. The van der Waals surface area contributed by atoms with Gasteiger partial charge in [-0.05, 0) is 12.1 Å². The number of para-hydroxylation sites is 2. The van der Waals surface area contributed by atoms with Crippen LogP contribution in [0, 0.1) is 5.82 Å². The zero-order valence-corrected chi connectivity index (χ0v) is 9.11. The predicted molar refractivity (Wildman–Crippen MR) is 63.7 cm³/mol. The SMILES string of the molecule is O=c1[nH]cc(F)c(=O)[nH]1.c1ccc2[nH]cnc2c1. The van der Waals surface area contributed by atoms with Crippen molar-refractivity contribution in [1.29, 1.82) is 0 Å². The molecule has 0 saturated carbocycles. The first-order chi connectivity index (χ1) is 8.66. The molecule has 0 fully saturated rings. The van der Waals surface area contributed by atoms with Gasteiger partial charge in [0, 0.05) is 6.20 Å². The fraction of sp³-hybridized carbons (Fsp3) is 0. The number of benzene rings is 1. The Balaban J connectivity index is 0.000000134. The molecular formula is C11H9FN4O2. The van der Waals surface area contributed by atoms with Gasteiger partial charge in [-0.25, -0.2) is 9.78 Å². The zero-order chi connectivity index (χ0) is 13.0. The number of halogens is 1. The molecule has 3 aromatic rings. The molecule has 3 rings (SSSR count). The topological polar surface area (TPSA) is 94.4 Å². The van der Waals surface area contributed by atoms with E-state index in [9.17, 15) is 14.0 Å². The van der Waals surface area contributed by atoms with Gasteiger partial charge in [-0.2, -0.15) is 4.39 Å². The van der Waals surface area contributed by atoms with Crippen LogP contribution in [0.25, 0.3) is 11.0 Å². The molecule has 0 spiro atoms. The molecule has 7 heteroatoms. The second-order valence-electron chi connectivity index (χ2n) is 3.34. The molecule has 0 aliphatic rings. The summed E-state index contributed by atoms with van der Waals surface area (Å²) >= 11 is 0. The normalized spacial score (nSPS) is 9.83. The van der Waals surface area contributed by atoms with E-state index in [2.05, 4.69) is 9.97 Å². The highest BCUT2D eigenvalue weighted by atomic mass is 19.1. The van der Waals surface area contributed by atoms with Gasteiger partial charge in [0.2, 0.25) is 5.82 Å². The van der Waals surface area contributed by atoms with E-state index in [0.717, 1.165) is 11.0 Å². The monoisotopic (exact) mass is 248 g/mol. The number of imidazole rings is 1. The van der Waals surface area contributed by atoms with Crippen LogP contribution in [0.1, 0.15) is 0 Å². The van der Waals surface area contributed by atoms with Crippen molar-refractivity contribution in [3.8, 4) is 0 Å². The van der Waals surface area contributed by atoms with Gasteiger partial charge < -0.3 is 9.97 Å². The number of hydrogen-bond donors (Lipinski definition) is 3. The van der Waals surface area contributed by atoms with Crippen LogP contribution in [0.3, 0.4) is 0 Å². The summed E-state index contributed by atoms with van der Waals surface area (Å²) in [5, 5.41) is 0. The minimum atomic E-state index is -1.00. The number of H-pyrrole nitrogens is 3. The molecule has 0 unspecified atom stereocenters. The Hall–Kier alpha value is -2.70.